The highest BCUT2D eigenvalue weighted by Crippen LogP contribution is 2.34. The van der Waals surface area contributed by atoms with E-state index in [0.717, 1.165) is 31.1 Å². The highest BCUT2D eigenvalue weighted by atomic mass is 16.5. The van der Waals surface area contributed by atoms with E-state index in [1.165, 1.54) is 25.5 Å². The van der Waals surface area contributed by atoms with E-state index in [1.54, 1.807) is 26.4 Å². The number of amides is 1. The van der Waals surface area contributed by atoms with Crippen LogP contribution in [-0.4, -0.2) is 45.2 Å². The van der Waals surface area contributed by atoms with Crippen LogP contribution in [0.2, 0.25) is 0 Å². The molecule has 1 aliphatic rings. The molecule has 1 fully saturated rings. The lowest BCUT2D eigenvalue weighted by atomic mass is 9.98. The van der Waals surface area contributed by atoms with E-state index in [2.05, 4.69) is 35.3 Å². The van der Waals surface area contributed by atoms with Gasteiger partial charge < -0.3 is 19.5 Å². The summed E-state index contributed by atoms with van der Waals surface area (Å²) >= 11 is 0. The van der Waals surface area contributed by atoms with Crippen molar-refractivity contribution in [3.63, 3.8) is 0 Å². The number of carbonyl (C=O) groups is 1. The number of carbonyl (C=O) groups excluding carboxylic acids is 1. The number of hydrogen-bond donors (Lipinski definition) is 1. The van der Waals surface area contributed by atoms with Crippen LogP contribution in [0.1, 0.15) is 41.3 Å². The van der Waals surface area contributed by atoms with Gasteiger partial charge in [-0.2, -0.15) is 0 Å². The molecule has 3 rings (SSSR count). The van der Waals surface area contributed by atoms with E-state index >= 15 is 0 Å². The molecule has 162 valence electrons. The number of benzene rings is 2. The quantitative estimate of drug-likeness (QED) is 0.713. The van der Waals surface area contributed by atoms with Crippen molar-refractivity contribution in [2.24, 2.45) is 5.92 Å². The SMILES string of the molecule is COc1cc(OC)c(C(=O)NCc2ccccc2CN2CCC(C)CC2)cc1OC. The first-order valence-corrected chi connectivity index (χ1v) is 10.4. The maximum atomic E-state index is 12.9. The molecule has 0 aliphatic carbocycles. The molecular weight excluding hydrogens is 380 g/mol. The molecular formula is C24H32N2O4. The Kier molecular flexibility index (Phi) is 7.57. The van der Waals surface area contributed by atoms with Crippen molar-refractivity contribution in [2.75, 3.05) is 34.4 Å². The first-order valence-electron chi connectivity index (χ1n) is 10.4. The van der Waals surface area contributed by atoms with Gasteiger partial charge in [0, 0.05) is 25.2 Å². The van der Waals surface area contributed by atoms with E-state index in [4.69, 9.17) is 14.2 Å². The summed E-state index contributed by atoms with van der Waals surface area (Å²) in [6, 6.07) is 11.6. The van der Waals surface area contributed by atoms with Gasteiger partial charge in [-0.05, 0) is 43.0 Å². The molecule has 0 unspecified atom stereocenters. The van der Waals surface area contributed by atoms with Crippen LogP contribution in [0.5, 0.6) is 17.2 Å². The molecule has 0 saturated carbocycles. The lowest BCUT2D eigenvalue weighted by Gasteiger charge is -2.30. The number of methoxy groups -OCH3 is 3. The number of nitrogens with zero attached hydrogens (tertiary/aromatic N) is 1. The molecule has 0 radical (unpaired) electrons. The third kappa shape index (κ3) is 5.25. The van der Waals surface area contributed by atoms with E-state index in [0.29, 0.717) is 29.4 Å². The van der Waals surface area contributed by atoms with Gasteiger partial charge in [0.05, 0.1) is 26.9 Å². The minimum absolute atomic E-state index is 0.214. The van der Waals surface area contributed by atoms with Crippen LogP contribution in [-0.2, 0) is 13.1 Å². The van der Waals surface area contributed by atoms with Crippen molar-refractivity contribution in [1.82, 2.24) is 10.2 Å². The standard InChI is InChI=1S/C24H32N2O4/c1-17-9-11-26(12-10-17)16-19-8-6-5-7-18(19)15-25-24(27)20-13-22(29-3)23(30-4)14-21(20)28-2/h5-8,13-14,17H,9-12,15-16H2,1-4H3,(H,25,27). The van der Waals surface area contributed by atoms with Crippen molar-refractivity contribution in [1.29, 1.82) is 0 Å². The molecule has 0 aromatic heterocycles. The molecule has 1 N–H and O–H groups in total. The van der Waals surface area contributed by atoms with Crippen molar-refractivity contribution in [2.45, 2.75) is 32.9 Å². The highest BCUT2D eigenvalue weighted by molar-refractivity contribution is 5.97. The van der Waals surface area contributed by atoms with E-state index in [-0.39, 0.29) is 5.91 Å². The van der Waals surface area contributed by atoms with Crippen molar-refractivity contribution >= 4 is 5.91 Å². The lowest BCUT2D eigenvalue weighted by Crippen LogP contribution is -2.33. The minimum Gasteiger partial charge on any atom is -0.496 e. The Morgan fingerprint density at radius 3 is 2.20 bits per heavy atom. The number of likely N-dealkylation sites (tertiary alicyclic amines) is 1. The maximum Gasteiger partial charge on any atom is 0.255 e. The minimum atomic E-state index is -0.214. The second-order valence-electron chi connectivity index (χ2n) is 7.82. The Morgan fingerprint density at radius 1 is 0.967 bits per heavy atom. The molecule has 1 heterocycles. The Bertz CT molecular complexity index is 860. The van der Waals surface area contributed by atoms with Gasteiger partial charge in [-0.25, -0.2) is 0 Å². The third-order valence-electron chi connectivity index (χ3n) is 5.78. The molecule has 0 spiro atoms. The fraction of sp³-hybridized carbons (Fsp3) is 0.458. The van der Waals surface area contributed by atoms with Gasteiger partial charge in [0.25, 0.3) is 5.91 Å². The van der Waals surface area contributed by atoms with E-state index in [9.17, 15) is 4.79 Å². The zero-order valence-corrected chi connectivity index (χ0v) is 18.4. The molecule has 30 heavy (non-hydrogen) atoms. The molecule has 0 atom stereocenters. The number of ether oxygens (including phenoxy) is 3. The molecule has 1 saturated heterocycles. The lowest BCUT2D eigenvalue weighted by molar-refractivity contribution is 0.0947. The number of hydrogen-bond acceptors (Lipinski definition) is 5. The first-order chi connectivity index (χ1) is 14.5. The number of rotatable bonds is 8. The van der Waals surface area contributed by atoms with Crippen LogP contribution in [0.15, 0.2) is 36.4 Å². The summed E-state index contributed by atoms with van der Waals surface area (Å²) < 4.78 is 16.0. The van der Waals surface area contributed by atoms with Crippen molar-refractivity contribution < 1.29 is 19.0 Å². The predicted octanol–water partition coefficient (Wildman–Crippen LogP) is 3.87. The zero-order valence-electron chi connectivity index (χ0n) is 18.4. The van der Waals surface area contributed by atoms with Crippen LogP contribution in [0.3, 0.4) is 0 Å². The fourth-order valence-corrected chi connectivity index (χ4v) is 3.82. The maximum absolute atomic E-state index is 12.9. The summed E-state index contributed by atoms with van der Waals surface area (Å²) in [5.74, 6) is 2.05. The largest absolute Gasteiger partial charge is 0.496 e. The van der Waals surface area contributed by atoms with E-state index < -0.39 is 0 Å². The molecule has 6 heteroatoms. The van der Waals surface area contributed by atoms with Gasteiger partial charge in [-0.3, -0.25) is 9.69 Å². The second-order valence-corrected chi connectivity index (χ2v) is 7.82. The van der Waals surface area contributed by atoms with E-state index in [1.807, 2.05) is 6.07 Å². The number of nitrogens with one attached hydrogen (secondary N) is 1. The first kappa shape index (κ1) is 22.0. The number of piperidine rings is 1. The Morgan fingerprint density at radius 2 is 1.57 bits per heavy atom. The van der Waals surface area contributed by atoms with Crippen LogP contribution in [0, 0.1) is 5.92 Å². The monoisotopic (exact) mass is 412 g/mol. The van der Waals surface area contributed by atoms with Gasteiger partial charge in [-0.15, -0.1) is 0 Å². The second kappa shape index (κ2) is 10.3. The predicted molar refractivity (Wildman–Crippen MR) is 117 cm³/mol. The molecule has 6 nitrogen and oxygen atoms in total. The van der Waals surface area contributed by atoms with Gasteiger partial charge in [0.1, 0.15) is 5.75 Å². The Balaban J connectivity index is 1.71. The van der Waals surface area contributed by atoms with Crippen LogP contribution >= 0.6 is 0 Å². The molecule has 2 aromatic carbocycles. The molecule has 2 aromatic rings. The molecule has 1 amide bonds. The van der Waals surface area contributed by atoms with Crippen molar-refractivity contribution in [3.8, 4) is 17.2 Å². The van der Waals surface area contributed by atoms with Crippen LogP contribution < -0.4 is 19.5 Å². The van der Waals surface area contributed by atoms with Gasteiger partial charge in [0.2, 0.25) is 0 Å². The molecule has 1 aliphatic heterocycles. The summed E-state index contributed by atoms with van der Waals surface area (Å²) in [4.78, 5) is 15.4. The van der Waals surface area contributed by atoms with Crippen LogP contribution in [0.4, 0.5) is 0 Å². The summed E-state index contributed by atoms with van der Waals surface area (Å²) in [5.41, 5.74) is 2.80. The van der Waals surface area contributed by atoms with Crippen LogP contribution in [0.25, 0.3) is 0 Å². The summed E-state index contributed by atoms with van der Waals surface area (Å²) in [6.07, 6.45) is 2.50. The van der Waals surface area contributed by atoms with Gasteiger partial charge in [0.15, 0.2) is 11.5 Å². The van der Waals surface area contributed by atoms with Gasteiger partial charge >= 0.3 is 0 Å². The smallest absolute Gasteiger partial charge is 0.255 e. The van der Waals surface area contributed by atoms with Crippen molar-refractivity contribution in [3.05, 3.63) is 53.1 Å². The van der Waals surface area contributed by atoms with Gasteiger partial charge in [-0.1, -0.05) is 31.2 Å². The Hall–Kier alpha value is -2.73. The molecule has 0 bridgehead atoms. The highest BCUT2D eigenvalue weighted by Gasteiger charge is 2.19. The normalized spacial score (nSPS) is 14.9. The zero-order chi connectivity index (χ0) is 21.5. The fourth-order valence-electron chi connectivity index (χ4n) is 3.82. The third-order valence-corrected chi connectivity index (χ3v) is 5.78. The average Bonchev–Trinajstić information content (AvgIpc) is 2.78. The summed E-state index contributed by atoms with van der Waals surface area (Å²) in [5, 5.41) is 3.03. The average molecular weight is 413 g/mol. The summed E-state index contributed by atoms with van der Waals surface area (Å²) in [7, 11) is 4.63. The topological polar surface area (TPSA) is 60.0 Å². The Labute approximate surface area is 179 Å². The summed E-state index contributed by atoms with van der Waals surface area (Å²) in [6.45, 7) is 5.95.